The summed E-state index contributed by atoms with van der Waals surface area (Å²) in [5.74, 6) is -1.00. The van der Waals surface area contributed by atoms with Crippen LogP contribution in [0.25, 0.3) is 16.6 Å². The largest absolute Gasteiger partial charge is 0.436 e. The van der Waals surface area contributed by atoms with Crippen LogP contribution < -0.4 is 15.2 Å². The van der Waals surface area contributed by atoms with E-state index in [1.54, 1.807) is 26.8 Å². The highest BCUT2D eigenvalue weighted by molar-refractivity contribution is 8.01. The predicted octanol–water partition coefficient (Wildman–Crippen LogP) is 6.06. The highest BCUT2D eigenvalue weighted by Gasteiger charge is 2.21. The summed E-state index contributed by atoms with van der Waals surface area (Å²) in [5.41, 5.74) is 8.52. The fraction of sp³-hybridized carbons (Fsp3) is 0.241. The van der Waals surface area contributed by atoms with Gasteiger partial charge in [-0.25, -0.2) is 18.4 Å². The quantitative estimate of drug-likeness (QED) is 0.0426. The van der Waals surface area contributed by atoms with Crippen LogP contribution in [0.3, 0.4) is 0 Å². The number of aliphatic hydroxyl groups excluding tert-OH is 1. The van der Waals surface area contributed by atoms with E-state index in [0.29, 0.717) is 28.4 Å². The van der Waals surface area contributed by atoms with Crippen LogP contribution in [-0.4, -0.2) is 49.8 Å². The smallest absolute Gasteiger partial charge is 0.219 e. The van der Waals surface area contributed by atoms with Crippen LogP contribution in [0.2, 0.25) is 0 Å². The Hall–Kier alpha value is -4.49. The molecule has 4 aromatic rings. The number of benzene rings is 1. The number of hydrogen-bond acceptors (Lipinski definition) is 9. The normalized spacial score (nSPS) is 11.3. The third-order valence-electron chi connectivity index (χ3n) is 5.59. The number of halogens is 2. The minimum Gasteiger partial charge on any atom is -0.436 e. The average molecular weight is 601 g/mol. The molecule has 0 radical (unpaired) electrons. The fourth-order valence-electron chi connectivity index (χ4n) is 3.68. The molecule has 0 spiro atoms. The summed E-state index contributed by atoms with van der Waals surface area (Å²) in [6.45, 7) is 8.99. The highest BCUT2D eigenvalue weighted by atomic mass is 32.2. The second-order valence-corrected chi connectivity index (χ2v) is 8.89. The van der Waals surface area contributed by atoms with Gasteiger partial charge in [0.15, 0.2) is 11.6 Å². The molecule has 0 bridgehead atoms. The van der Waals surface area contributed by atoms with Crippen molar-refractivity contribution in [2.75, 3.05) is 23.3 Å². The topological polar surface area (TPSA) is 148 Å². The lowest BCUT2D eigenvalue weighted by Gasteiger charge is -2.11. The number of pyridine rings is 1. The number of allylic oxidation sites excluding steroid dienone is 3. The van der Waals surface area contributed by atoms with Gasteiger partial charge in [0.05, 0.1) is 40.8 Å². The van der Waals surface area contributed by atoms with Crippen molar-refractivity contribution >= 4 is 46.4 Å². The van der Waals surface area contributed by atoms with Crippen molar-refractivity contribution in [2.45, 2.75) is 34.6 Å². The fourth-order valence-corrected chi connectivity index (χ4v) is 4.14. The molecule has 0 aliphatic heterocycles. The zero-order valence-corrected chi connectivity index (χ0v) is 25.0. The van der Waals surface area contributed by atoms with Gasteiger partial charge in [-0.2, -0.15) is 5.10 Å². The van der Waals surface area contributed by atoms with Crippen LogP contribution in [-0.2, 0) is 4.79 Å². The Morgan fingerprint density at radius 2 is 1.90 bits per heavy atom. The van der Waals surface area contributed by atoms with Crippen molar-refractivity contribution < 1.29 is 28.2 Å². The van der Waals surface area contributed by atoms with E-state index in [1.807, 2.05) is 13.8 Å². The van der Waals surface area contributed by atoms with Crippen LogP contribution in [0, 0.1) is 12.7 Å². The van der Waals surface area contributed by atoms with E-state index >= 15 is 0 Å². The summed E-state index contributed by atoms with van der Waals surface area (Å²) < 4.78 is 38.0. The SMILES string of the molecule is C/C=C(F)\C(=C/C)Oc1cc(C)c(-n2ncc(C(=O)c3cc4cc(F)c(NSCC=O)cc4[nH]3)c2N)cn1.CC.CO. The Morgan fingerprint density at radius 1 is 1.19 bits per heavy atom. The second-order valence-electron chi connectivity index (χ2n) is 8.07. The van der Waals surface area contributed by atoms with E-state index < -0.39 is 17.4 Å². The standard InChI is InChI=1S/C26H24F2N6O3S.C2H6.CH4O/c1-4-17(27)23(5-2)37-24-8-14(3)22(13-30-24)34-26(29)16(12-31-34)25(36)21-10-15-9-18(28)20(11-19(15)32-21)33-38-7-6-35;2*1-2/h4-6,8-13,32-33H,7,29H2,1-3H3;1-2H3;2H,1H3/b17-4+,23-5+;;. The monoisotopic (exact) mass is 600 g/mol. The Labute approximate surface area is 246 Å². The molecule has 42 heavy (non-hydrogen) atoms. The molecule has 0 aliphatic rings. The van der Waals surface area contributed by atoms with E-state index in [1.165, 1.54) is 47.4 Å². The Balaban J connectivity index is 0.00000148. The average Bonchev–Trinajstić information content (AvgIpc) is 3.60. The van der Waals surface area contributed by atoms with Gasteiger partial charge in [-0.1, -0.05) is 13.8 Å². The number of H-pyrrole nitrogens is 1. The number of aryl methyl sites for hydroxylation is 1. The highest BCUT2D eigenvalue weighted by Crippen LogP contribution is 2.28. The zero-order valence-electron chi connectivity index (χ0n) is 24.2. The van der Waals surface area contributed by atoms with Gasteiger partial charge in [0, 0.05) is 24.1 Å². The van der Waals surface area contributed by atoms with Crippen molar-refractivity contribution in [1.29, 1.82) is 0 Å². The molecule has 0 unspecified atom stereocenters. The van der Waals surface area contributed by atoms with Crippen molar-refractivity contribution in [3.8, 4) is 11.6 Å². The number of nitrogens with one attached hydrogen (secondary N) is 2. The number of hydrogen-bond donors (Lipinski definition) is 4. The third kappa shape index (κ3) is 7.62. The molecule has 0 saturated carbocycles. The van der Waals surface area contributed by atoms with E-state index in [9.17, 15) is 18.4 Å². The number of aromatic amines is 1. The molecule has 13 heteroatoms. The number of nitrogen functional groups attached to an aromatic ring is 1. The molecule has 0 saturated heterocycles. The Kier molecular flexibility index (Phi) is 12.9. The number of carbonyl (C=O) groups is 2. The first-order valence-electron chi connectivity index (χ1n) is 12.9. The number of aldehydes is 1. The molecular formula is C29H34F2N6O4S. The Morgan fingerprint density at radius 3 is 2.52 bits per heavy atom. The molecule has 0 aliphatic carbocycles. The van der Waals surface area contributed by atoms with Crippen molar-refractivity contribution in [1.82, 2.24) is 19.7 Å². The van der Waals surface area contributed by atoms with E-state index in [0.717, 1.165) is 19.1 Å². The molecular weight excluding hydrogens is 566 g/mol. The summed E-state index contributed by atoms with van der Waals surface area (Å²) in [6.07, 6.45) is 6.29. The van der Waals surface area contributed by atoms with Gasteiger partial charge in [0.1, 0.15) is 17.9 Å². The molecule has 224 valence electrons. The first-order chi connectivity index (χ1) is 20.3. The molecule has 0 fully saturated rings. The third-order valence-corrected chi connectivity index (χ3v) is 6.26. The van der Waals surface area contributed by atoms with Crippen molar-refractivity contribution in [3.63, 3.8) is 0 Å². The molecule has 3 heterocycles. The first kappa shape index (κ1) is 33.7. The summed E-state index contributed by atoms with van der Waals surface area (Å²) in [5, 5.41) is 11.8. The summed E-state index contributed by atoms with van der Waals surface area (Å²) in [4.78, 5) is 31.0. The number of ether oxygens (including phenoxy) is 1. The molecule has 0 amide bonds. The lowest BCUT2D eigenvalue weighted by atomic mass is 10.1. The van der Waals surface area contributed by atoms with Crippen molar-refractivity contribution in [2.24, 2.45) is 0 Å². The van der Waals surface area contributed by atoms with Gasteiger partial charge in [-0.05, 0) is 68.6 Å². The number of fused-ring (bicyclic) bond motifs is 1. The lowest BCUT2D eigenvalue weighted by molar-refractivity contribution is -0.105. The number of nitrogens with two attached hydrogens (primary N) is 1. The summed E-state index contributed by atoms with van der Waals surface area (Å²) in [7, 11) is 1.00. The molecule has 10 nitrogen and oxygen atoms in total. The maximum absolute atomic E-state index is 14.4. The lowest BCUT2D eigenvalue weighted by Crippen LogP contribution is -2.09. The van der Waals surface area contributed by atoms with Crippen LogP contribution >= 0.6 is 11.9 Å². The van der Waals surface area contributed by atoms with Gasteiger partial charge in [0.25, 0.3) is 0 Å². The minimum atomic E-state index is -0.522. The summed E-state index contributed by atoms with van der Waals surface area (Å²) in [6, 6.07) is 5.95. The van der Waals surface area contributed by atoms with Gasteiger partial charge in [-0.15, -0.1) is 0 Å². The van der Waals surface area contributed by atoms with Gasteiger partial charge < -0.3 is 30.1 Å². The maximum atomic E-state index is 14.4. The predicted molar refractivity (Wildman–Crippen MR) is 163 cm³/mol. The zero-order chi connectivity index (χ0) is 31.4. The van der Waals surface area contributed by atoms with Gasteiger partial charge in [0.2, 0.25) is 11.7 Å². The first-order valence-corrected chi connectivity index (χ1v) is 13.9. The van der Waals surface area contributed by atoms with Crippen molar-refractivity contribution in [3.05, 3.63) is 83.0 Å². The molecule has 0 atom stereocenters. The van der Waals surface area contributed by atoms with Crippen LogP contribution in [0.1, 0.15) is 49.3 Å². The van der Waals surface area contributed by atoms with Gasteiger partial charge >= 0.3 is 0 Å². The van der Waals surface area contributed by atoms with Gasteiger partial charge in [-0.3, -0.25) is 4.79 Å². The number of rotatable bonds is 10. The number of aromatic nitrogens is 4. The minimum absolute atomic E-state index is 0.0412. The number of anilines is 2. The number of aliphatic hydroxyl groups is 1. The van der Waals surface area contributed by atoms with E-state index in [-0.39, 0.29) is 40.2 Å². The van der Waals surface area contributed by atoms with E-state index in [2.05, 4.69) is 19.8 Å². The molecule has 4 rings (SSSR count). The van der Waals surface area contributed by atoms with Crippen LogP contribution in [0.5, 0.6) is 5.88 Å². The number of nitrogens with zero attached hydrogens (tertiary/aromatic N) is 3. The second kappa shape index (κ2) is 16.1. The van der Waals surface area contributed by atoms with Crippen LogP contribution in [0.15, 0.2) is 60.4 Å². The maximum Gasteiger partial charge on any atom is 0.219 e. The van der Waals surface area contributed by atoms with E-state index in [4.69, 9.17) is 15.6 Å². The number of ketones is 1. The number of carbonyl (C=O) groups excluding carboxylic acids is 2. The molecule has 1 aromatic carbocycles. The summed E-state index contributed by atoms with van der Waals surface area (Å²) >= 11 is 1.05. The molecule has 3 aromatic heterocycles. The molecule has 5 N–H and O–H groups in total. The van der Waals surface area contributed by atoms with Crippen LogP contribution in [0.4, 0.5) is 20.3 Å². The Bertz CT molecular complexity index is 1600.